The maximum absolute atomic E-state index is 12.7. The van der Waals surface area contributed by atoms with Crippen molar-refractivity contribution in [1.29, 1.82) is 0 Å². The third-order valence-corrected chi connectivity index (χ3v) is 5.61. The summed E-state index contributed by atoms with van der Waals surface area (Å²) < 4.78 is 17.1. The van der Waals surface area contributed by atoms with Crippen LogP contribution in [-0.2, 0) is 17.6 Å². The molecular formula is C29H33NO5. The second kappa shape index (κ2) is 12.7. The number of methoxy groups -OCH3 is 1. The van der Waals surface area contributed by atoms with Crippen LogP contribution in [0.4, 0.5) is 0 Å². The summed E-state index contributed by atoms with van der Waals surface area (Å²) in [5.41, 5.74) is 3.27. The number of likely N-dealkylation sites (N-methyl/N-ethyl adjacent to an activating group) is 1. The molecule has 0 aliphatic rings. The monoisotopic (exact) mass is 475 g/mol. The highest BCUT2D eigenvalue weighted by atomic mass is 16.6. The minimum Gasteiger partial charge on any atom is -0.497 e. The number of nitrogens with zero attached hydrogens (tertiary/aromatic N) is 1. The highest BCUT2D eigenvalue weighted by molar-refractivity contribution is 5.96. The van der Waals surface area contributed by atoms with Gasteiger partial charge in [0.2, 0.25) is 0 Å². The Bertz CT molecular complexity index is 1110. The molecule has 0 radical (unpaired) electrons. The molecule has 3 aromatic carbocycles. The standard InChI is InChI=1S/C29H33NO5/c1-21(31)23-13-15-25(16-14-23)29(32)35-27(19-30(2)3)20-34-28-8-6-5-7-24(28)12-9-22-10-17-26(33-4)18-11-22/h5-8,10-11,13-18,27H,9,12,19-20H2,1-4H3. The Labute approximate surface area is 207 Å². The molecule has 0 fully saturated rings. The largest absolute Gasteiger partial charge is 0.497 e. The van der Waals surface area contributed by atoms with E-state index < -0.39 is 12.1 Å². The summed E-state index contributed by atoms with van der Waals surface area (Å²) in [6.45, 7) is 2.24. The van der Waals surface area contributed by atoms with Crippen LogP contribution in [0.5, 0.6) is 11.5 Å². The second-order valence-electron chi connectivity index (χ2n) is 8.69. The van der Waals surface area contributed by atoms with Crippen molar-refractivity contribution in [3.63, 3.8) is 0 Å². The second-order valence-corrected chi connectivity index (χ2v) is 8.69. The quantitative estimate of drug-likeness (QED) is 0.276. The van der Waals surface area contributed by atoms with Crippen LogP contribution in [-0.4, -0.2) is 57.1 Å². The van der Waals surface area contributed by atoms with Crippen molar-refractivity contribution >= 4 is 11.8 Å². The fraction of sp³-hybridized carbons (Fsp3) is 0.310. The molecule has 0 saturated heterocycles. The molecule has 1 atom stereocenters. The van der Waals surface area contributed by atoms with Crippen LogP contribution in [0.2, 0.25) is 0 Å². The Hall–Kier alpha value is -3.64. The molecule has 0 heterocycles. The zero-order valence-electron chi connectivity index (χ0n) is 20.8. The first-order valence-electron chi connectivity index (χ1n) is 11.7. The summed E-state index contributed by atoms with van der Waals surface area (Å²) in [5.74, 6) is 1.14. The molecule has 0 N–H and O–H groups in total. The van der Waals surface area contributed by atoms with Crippen LogP contribution in [0.15, 0.2) is 72.8 Å². The van der Waals surface area contributed by atoms with Gasteiger partial charge in [-0.2, -0.15) is 0 Å². The van der Waals surface area contributed by atoms with Crippen LogP contribution in [0.1, 0.15) is 38.8 Å². The molecule has 0 amide bonds. The number of hydrogen-bond acceptors (Lipinski definition) is 6. The van der Waals surface area contributed by atoms with Crippen LogP contribution in [0, 0.1) is 0 Å². The average molecular weight is 476 g/mol. The Morgan fingerprint density at radius 1 is 0.857 bits per heavy atom. The van der Waals surface area contributed by atoms with Gasteiger partial charge in [-0.05, 0) is 75.3 Å². The SMILES string of the molecule is COc1ccc(CCc2ccccc2OCC(CN(C)C)OC(=O)c2ccc(C(C)=O)cc2)cc1. The van der Waals surface area contributed by atoms with Crippen LogP contribution >= 0.6 is 0 Å². The average Bonchev–Trinajstić information content (AvgIpc) is 2.86. The van der Waals surface area contributed by atoms with E-state index in [2.05, 4.69) is 18.2 Å². The van der Waals surface area contributed by atoms with Crippen molar-refractivity contribution in [1.82, 2.24) is 4.90 Å². The number of ether oxygens (including phenoxy) is 3. The van der Waals surface area contributed by atoms with Gasteiger partial charge in [-0.3, -0.25) is 4.79 Å². The van der Waals surface area contributed by atoms with E-state index in [0.717, 1.165) is 29.9 Å². The van der Waals surface area contributed by atoms with E-state index in [1.807, 2.05) is 49.3 Å². The maximum Gasteiger partial charge on any atom is 0.338 e. The molecule has 184 valence electrons. The van der Waals surface area contributed by atoms with Gasteiger partial charge in [0, 0.05) is 12.1 Å². The summed E-state index contributed by atoms with van der Waals surface area (Å²) in [6.07, 6.45) is 1.24. The van der Waals surface area contributed by atoms with Crippen molar-refractivity contribution in [3.05, 3.63) is 95.1 Å². The first kappa shape index (κ1) is 26.0. The van der Waals surface area contributed by atoms with E-state index in [0.29, 0.717) is 17.7 Å². The topological polar surface area (TPSA) is 65.1 Å². The number of hydrogen-bond donors (Lipinski definition) is 0. The number of benzene rings is 3. The Morgan fingerprint density at radius 2 is 1.51 bits per heavy atom. The fourth-order valence-corrected chi connectivity index (χ4v) is 3.70. The molecule has 0 aromatic heterocycles. The molecular weight excluding hydrogens is 442 g/mol. The number of carbonyl (C=O) groups excluding carboxylic acids is 2. The smallest absolute Gasteiger partial charge is 0.338 e. The highest BCUT2D eigenvalue weighted by Crippen LogP contribution is 2.22. The normalized spacial score (nSPS) is 11.7. The lowest BCUT2D eigenvalue weighted by Gasteiger charge is -2.22. The number of aryl methyl sites for hydroxylation is 2. The third kappa shape index (κ3) is 7.97. The number of para-hydroxylation sites is 1. The summed E-state index contributed by atoms with van der Waals surface area (Å²) in [4.78, 5) is 26.1. The fourth-order valence-electron chi connectivity index (χ4n) is 3.70. The van der Waals surface area contributed by atoms with E-state index in [1.54, 1.807) is 31.4 Å². The summed E-state index contributed by atoms with van der Waals surface area (Å²) in [5, 5.41) is 0. The van der Waals surface area contributed by atoms with Gasteiger partial charge in [-0.1, -0.05) is 42.5 Å². The van der Waals surface area contributed by atoms with Crippen LogP contribution < -0.4 is 9.47 Å². The predicted octanol–water partition coefficient (Wildman–Crippen LogP) is 4.85. The number of rotatable bonds is 12. The van der Waals surface area contributed by atoms with E-state index in [9.17, 15) is 9.59 Å². The summed E-state index contributed by atoms with van der Waals surface area (Å²) in [7, 11) is 5.50. The number of esters is 1. The minimum atomic E-state index is -0.459. The van der Waals surface area contributed by atoms with E-state index in [-0.39, 0.29) is 12.4 Å². The lowest BCUT2D eigenvalue weighted by Crippen LogP contribution is -2.35. The molecule has 0 saturated carbocycles. The van der Waals surface area contributed by atoms with Crippen molar-refractivity contribution < 1.29 is 23.8 Å². The summed E-state index contributed by atoms with van der Waals surface area (Å²) >= 11 is 0. The number of Topliss-reactive ketones (excluding diaryl/α,β-unsaturated/α-hetero) is 1. The van der Waals surface area contributed by atoms with Gasteiger partial charge >= 0.3 is 5.97 Å². The van der Waals surface area contributed by atoms with E-state index in [4.69, 9.17) is 14.2 Å². The molecule has 0 aliphatic carbocycles. The summed E-state index contributed by atoms with van der Waals surface area (Å²) in [6, 6.07) is 22.5. The molecule has 3 rings (SSSR count). The Balaban J connectivity index is 1.63. The van der Waals surface area contributed by atoms with Crippen molar-refractivity contribution in [2.75, 3.05) is 34.4 Å². The number of ketones is 1. The molecule has 0 spiro atoms. The van der Waals surface area contributed by atoms with Crippen LogP contribution in [0.3, 0.4) is 0 Å². The van der Waals surface area contributed by atoms with Gasteiger partial charge in [-0.25, -0.2) is 4.79 Å². The zero-order chi connectivity index (χ0) is 25.2. The molecule has 0 bridgehead atoms. The van der Waals surface area contributed by atoms with Gasteiger partial charge in [-0.15, -0.1) is 0 Å². The molecule has 6 nitrogen and oxygen atoms in total. The lowest BCUT2D eigenvalue weighted by molar-refractivity contribution is 0.0103. The number of carbonyl (C=O) groups is 2. The van der Waals surface area contributed by atoms with Crippen molar-refractivity contribution in [2.45, 2.75) is 25.9 Å². The molecule has 6 heteroatoms. The maximum atomic E-state index is 12.7. The predicted molar refractivity (Wildman–Crippen MR) is 137 cm³/mol. The zero-order valence-corrected chi connectivity index (χ0v) is 20.8. The molecule has 0 aliphatic heterocycles. The molecule has 3 aromatic rings. The lowest BCUT2D eigenvalue weighted by atomic mass is 10.0. The van der Waals surface area contributed by atoms with E-state index >= 15 is 0 Å². The van der Waals surface area contributed by atoms with Gasteiger partial charge in [0.25, 0.3) is 0 Å². The van der Waals surface area contributed by atoms with Gasteiger partial charge in [0.15, 0.2) is 5.78 Å². The first-order chi connectivity index (χ1) is 16.9. The van der Waals surface area contributed by atoms with Crippen molar-refractivity contribution in [2.24, 2.45) is 0 Å². The van der Waals surface area contributed by atoms with Crippen molar-refractivity contribution in [3.8, 4) is 11.5 Å². The molecule has 35 heavy (non-hydrogen) atoms. The Kier molecular flexibility index (Phi) is 9.44. The van der Waals surface area contributed by atoms with Gasteiger partial charge in [0.05, 0.1) is 12.7 Å². The van der Waals surface area contributed by atoms with Gasteiger partial charge in [0.1, 0.15) is 24.2 Å². The third-order valence-electron chi connectivity index (χ3n) is 5.61. The first-order valence-corrected chi connectivity index (χ1v) is 11.7. The van der Waals surface area contributed by atoms with Gasteiger partial charge < -0.3 is 19.1 Å². The van der Waals surface area contributed by atoms with Crippen LogP contribution in [0.25, 0.3) is 0 Å². The Morgan fingerprint density at radius 3 is 2.14 bits per heavy atom. The molecule has 1 unspecified atom stereocenters. The highest BCUT2D eigenvalue weighted by Gasteiger charge is 2.19. The minimum absolute atomic E-state index is 0.0468. The van der Waals surface area contributed by atoms with E-state index in [1.165, 1.54) is 12.5 Å².